The Morgan fingerprint density at radius 3 is 2.86 bits per heavy atom. The van der Waals surface area contributed by atoms with Crippen molar-refractivity contribution in [3.05, 3.63) is 16.1 Å². The molecule has 0 bridgehead atoms. The van der Waals surface area contributed by atoms with Gasteiger partial charge in [-0.1, -0.05) is 6.92 Å². The highest BCUT2D eigenvalue weighted by Gasteiger charge is 2.40. The molecule has 8 heteroatoms. The molecule has 0 aromatic carbocycles. The number of aryl methyl sites for hydroxylation is 2. The Balaban J connectivity index is 2.13. The second-order valence-electron chi connectivity index (χ2n) is 5.44. The molecule has 1 aromatic heterocycles. The number of carboxylic acid groups (broad SMARTS) is 1. The topological polar surface area (TPSA) is 87.6 Å². The molecule has 1 saturated heterocycles. The molecular formula is C13H20N2O4S2. The van der Waals surface area contributed by atoms with Gasteiger partial charge in [-0.05, 0) is 32.1 Å². The summed E-state index contributed by atoms with van der Waals surface area (Å²) in [5.74, 6) is -1.28. The average molecular weight is 332 g/mol. The zero-order valence-corrected chi connectivity index (χ0v) is 13.8. The van der Waals surface area contributed by atoms with Crippen LogP contribution in [0.3, 0.4) is 0 Å². The van der Waals surface area contributed by atoms with Crippen molar-refractivity contribution in [2.45, 2.75) is 39.2 Å². The molecule has 0 spiro atoms. The summed E-state index contributed by atoms with van der Waals surface area (Å²) < 4.78 is 26.2. The number of piperidine rings is 1. The third-order valence-electron chi connectivity index (χ3n) is 3.93. The van der Waals surface area contributed by atoms with Crippen LogP contribution in [0.1, 0.15) is 30.3 Å². The van der Waals surface area contributed by atoms with E-state index in [0.29, 0.717) is 19.4 Å². The van der Waals surface area contributed by atoms with Crippen LogP contribution in [0.15, 0.2) is 5.51 Å². The number of aromatic nitrogens is 1. The molecule has 21 heavy (non-hydrogen) atoms. The predicted octanol–water partition coefficient (Wildman–Crippen LogP) is 1.51. The van der Waals surface area contributed by atoms with Gasteiger partial charge in [0.25, 0.3) is 0 Å². The van der Waals surface area contributed by atoms with Crippen LogP contribution in [0, 0.1) is 12.8 Å². The van der Waals surface area contributed by atoms with E-state index in [-0.39, 0.29) is 11.7 Å². The van der Waals surface area contributed by atoms with Crippen molar-refractivity contribution in [2.24, 2.45) is 5.92 Å². The largest absolute Gasteiger partial charge is 0.480 e. The van der Waals surface area contributed by atoms with E-state index >= 15 is 0 Å². The molecule has 6 nitrogen and oxygen atoms in total. The fourth-order valence-electron chi connectivity index (χ4n) is 2.73. The Kier molecular flexibility index (Phi) is 5.00. The number of aliphatic carboxylic acids is 1. The monoisotopic (exact) mass is 332 g/mol. The smallest absolute Gasteiger partial charge is 0.322 e. The van der Waals surface area contributed by atoms with Gasteiger partial charge < -0.3 is 5.11 Å². The third-order valence-corrected chi connectivity index (χ3v) is 6.77. The van der Waals surface area contributed by atoms with Crippen molar-refractivity contribution < 1.29 is 18.3 Å². The summed E-state index contributed by atoms with van der Waals surface area (Å²) >= 11 is 1.43. The number of hydrogen-bond donors (Lipinski definition) is 1. The SMILES string of the molecule is Cc1ncsc1CCS(=O)(=O)N1CCCC(C)C1C(=O)O. The van der Waals surface area contributed by atoms with E-state index < -0.39 is 22.0 Å². The lowest BCUT2D eigenvalue weighted by Crippen LogP contribution is -2.52. The first-order valence-electron chi connectivity index (χ1n) is 6.94. The van der Waals surface area contributed by atoms with E-state index in [1.165, 1.54) is 15.6 Å². The molecule has 1 fully saturated rings. The van der Waals surface area contributed by atoms with Crippen LogP contribution in [-0.4, -0.2) is 47.1 Å². The van der Waals surface area contributed by atoms with Crippen LogP contribution in [-0.2, 0) is 21.2 Å². The molecule has 1 aromatic rings. The minimum atomic E-state index is -3.57. The van der Waals surface area contributed by atoms with Gasteiger partial charge in [0.05, 0.1) is 17.0 Å². The maximum Gasteiger partial charge on any atom is 0.322 e. The number of hydrogen-bond acceptors (Lipinski definition) is 5. The van der Waals surface area contributed by atoms with E-state index in [1.54, 1.807) is 12.4 Å². The molecule has 0 radical (unpaired) electrons. The van der Waals surface area contributed by atoms with Crippen molar-refractivity contribution in [2.75, 3.05) is 12.3 Å². The van der Waals surface area contributed by atoms with Gasteiger partial charge in [0, 0.05) is 11.4 Å². The highest BCUT2D eigenvalue weighted by Crippen LogP contribution is 2.27. The van der Waals surface area contributed by atoms with Crippen molar-refractivity contribution in [1.29, 1.82) is 0 Å². The quantitative estimate of drug-likeness (QED) is 0.883. The van der Waals surface area contributed by atoms with Crippen molar-refractivity contribution in [3.8, 4) is 0 Å². The lowest BCUT2D eigenvalue weighted by molar-refractivity contribution is -0.144. The maximum atomic E-state index is 12.5. The van der Waals surface area contributed by atoms with Gasteiger partial charge in [0.1, 0.15) is 6.04 Å². The van der Waals surface area contributed by atoms with E-state index in [0.717, 1.165) is 17.0 Å². The van der Waals surface area contributed by atoms with Gasteiger partial charge in [0.15, 0.2) is 0 Å². The molecule has 1 N–H and O–H groups in total. The highest BCUT2D eigenvalue weighted by molar-refractivity contribution is 7.89. The number of thiazole rings is 1. The zero-order chi connectivity index (χ0) is 15.6. The molecular weight excluding hydrogens is 312 g/mol. The van der Waals surface area contributed by atoms with Crippen LogP contribution in [0.25, 0.3) is 0 Å². The summed E-state index contributed by atoms with van der Waals surface area (Å²) in [5.41, 5.74) is 2.54. The average Bonchev–Trinajstić information content (AvgIpc) is 2.81. The molecule has 2 rings (SSSR count). The van der Waals surface area contributed by atoms with Crippen molar-refractivity contribution >= 4 is 27.3 Å². The minimum Gasteiger partial charge on any atom is -0.480 e. The van der Waals surface area contributed by atoms with Crippen molar-refractivity contribution in [3.63, 3.8) is 0 Å². The van der Waals surface area contributed by atoms with Crippen LogP contribution in [0.5, 0.6) is 0 Å². The fraction of sp³-hybridized carbons (Fsp3) is 0.692. The first-order valence-corrected chi connectivity index (χ1v) is 9.43. The van der Waals surface area contributed by atoms with E-state index in [2.05, 4.69) is 4.98 Å². The van der Waals surface area contributed by atoms with E-state index in [4.69, 9.17) is 0 Å². The lowest BCUT2D eigenvalue weighted by atomic mass is 9.93. The molecule has 2 atom stereocenters. The summed E-state index contributed by atoms with van der Waals surface area (Å²) in [7, 11) is -3.57. The number of sulfonamides is 1. The molecule has 0 aliphatic carbocycles. The summed E-state index contributed by atoms with van der Waals surface area (Å²) in [6.07, 6.45) is 1.84. The Hall–Kier alpha value is -0.990. The summed E-state index contributed by atoms with van der Waals surface area (Å²) in [4.78, 5) is 16.4. The normalized spacial score (nSPS) is 24.1. The second kappa shape index (κ2) is 6.41. The van der Waals surface area contributed by atoms with Crippen LogP contribution < -0.4 is 0 Å². The number of rotatable bonds is 5. The minimum absolute atomic E-state index is 0.0630. The second-order valence-corrected chi connectivity index (χ2v) is 8.42. The van der Waals surface area contributed by atoms with Gasteiger partial charge in [-0.25, -0.2) is 13.4 Å². The Bertz CT molecular complexity index is 611. The van der Waals surface area contributed by atoms with Gasteiger partial charge >= 0.3 is 5.97 Å². The lowest BCUT2D eigenvalue weighted by Gasteiger charge is -2.36. The number of carboxylic acids is 1. The standard InChI is InChI=1S/C13H20N2O4S2/c1-9-4-3-6-15(12(9)13(16)17)21(18,19)7-5-11-10(2)14-8-20-11/h8-9,12H,3-7H2,1-2H3,(H,16,17). The Morgan fingerprint density at radius 2 is 2.29 bits per heavy atom. The molecule has 118 valence electrons. The summed E-state index contributed by atoms with van der Waals surface area (Å²) in [5, 5.41) is 9.32. The molecule has 0 amide bonds. The molecule has 1 aliphatic heterocycles. The Labute approximate surface area is 128 Å². The van der Waals surface area contributed by atoms with Crippen LogP contribution in [0.2, 0.25) is 0 Å². The number of carbonyl (C=O) groups is 1. The molecule has 2 unspecified atom stereocenters. The first kappa shape index (κ1) is 16.4. The summed E-state index contributed by atoms with van der Waals surface area (Å²) in [6.45, 7) is 3.95. The first-order chi connectivity index (χ1) is 9.83. The van der Waals surface area contributed by atoms with Crippen LogP contribution in [0.4, 0.5) is 0 Å². The van der Waals surface area contributed by atoms with Gasteiger partial charge in [-0.3, -0.25) is 4.79 Å². The summed E-state index contributed by atoms with van der Waals surface area (Å²) in [6, 6.07) is -0.939. The van der Waals surface area contributed by atoms with Crippen molar-refractivity contribution in [1.82, 2.24) is 9.29 Å². The number of nitrogens with zero attached hydrogens (tertiary/aromatic N) is 2. The fourth-order valence-corrected chi connectivity index (χ4v) is 5.39. The Morgan fingerprint density at radius 1 is 1.57 bits per heavy atom. The highest BCUT2D eigenvalue weighted by atomic mass is 32.2. The van der Waals surface area contributed by atoms with Gasteiger partial charge in [0.2, 0.25) is 10.0 Å². The van der Waals surface area contributed by atoms with Gasteiger partial charge in [-0.2, -0.15) is 4.31 Å². The molecule has 1 aliphatic rings. The van der Waals surface area contributed by atoms with Gasteiger partial charge in [-0.15, -0.1) is 11.3 Å². The third kappa shape index (κ3) is 3.61. The zero-order valence-electron chi connectivity index (χ0n) is 12.2. The molecule has 2 heterocycles. The maximum absolute atomic E-state index is 12.5. The van der Waals surface area contributed by atoms with E-state index in [9.17, 15) is 18.3 Å². The van der Waals surface area contributed by atoms with E-state index in [1.807, 2.05) is 6.92 Å². The molecule has 0 saturated carbocycles. The predicted molar refractivity (Wildman–Crippen MR) is 80.9 cm³/mol. The van der Waals surface area contributed by atoms with Crippen LogP contribution >= 0.6 is 11.3 Å².